The van der Waals surface area contributed by atoms with Crippen molar-refractivity contribution in [1.82, 2.24) is 5.32 Å². The number of nitrogens with two attached hydrogens (primary N) is 1. The topological polar surface area (TPSA) is 64.3 Å². The van der Waals surface area contributed by atoms with Crippen molar-refractivity contribution in [2.45, 2.75) is 51.8 Å². The average Bonchev–Trinajstić information content (AvgIpc) is 2.09. The summed E-state index contributed by atoms with van der Waals surface area (Å²) >= 11 is 0. The summed E-state index contributed by atoms with van der Waals surface area (Å²) in [5.74, 6) is -0.102. The Kier molecular flexibility index (Phi) is 4.80. The summed E-state index contributed by atoms with van der Waals surface area (Å²) in [7, 11) is 1.71. The van der Waals surface area contributed by atoms with Crippen LogP contribution in [0.4, 0.5) is 0 Å². The number of carbonyl (C=O) groups is 1. The second-order valence-corrected chi connectivity index (χ2v) is 5.53. The van der Waals surface area contributed by atoms with Crippen LogP contribution in [0.25, 0.3) is 0 Å². The van der Waals surface area contributed by atoms with Gasteiger partial charge in [0.2, 0.25) is 5.91 Å². The van der Waals surface area contributed by atoms with Crippen molar-refractivity contribution in [3.05, 3.63) is 0 Å². The molecule has 0 bridgehead atoms. The first kappa shape index (κ1) is 15.7. The third-order valence-corrected chi connectivity index (χ3v) is 3.35. The van der Waals surface area contributed by atoms with Crippen molar-refractivity contribution >= 4 is 18.3 Å². The molecule has 0 aliphatic heterocycles. The van der Waals surface area contributed by atoms with Crippen LogP contribution >= 0.6 is 12.4 Å². The molecule has 4 nitrogen and oxygen atoms in total. The Morgan fingerprint density at radius 2 is 2.00 bits per heavy atom. The minimum Gasteiger partial charge on any atom is -0.381 e. The van der Waals surface area contributed by atoms with Crippen LogP contribution in [-0.2, 0) is 9.53 Å². The third-order valence-electron chi connectivity index (χ3n) is 3.35. The van der Waals surface area contributed by atoms with E-state index in [1.165, 1.54) is 0 Å². The molecule has 16 heavy (non-hydrogen) atoms. The van der Waals surface area contributed by atoms with Gasteiger partial charge in [0.1, 0.15) is 0 Å². The lowest BCUT2D eigenvalue weighted by Crippen LogP contribution is -2.65. The minimum absolute atomic E-state index is 0. The number of carbonyl (C=O) groups excluding carboxylic acids is 1. The molecule has 0 radical (unpaired) electrons. The van der Waals surface area contributed by atoms with E-state index in [2.05, 4.69) is 19.2 Å². The lowest BCUT2D eigenvalue weighted by Gasteiger charge is -2.51. The smallest absolute Gasteiger partial charge is 0.239 e. The summed E-state index contributed by atoms with van der Waals surface area (Å²) in [5, 5.41) is 2.97. The van der Waals surface area contributed by atoms with Gasteiger partial charge in [-0.3, -0.25) is 4.79 Å². The van der Waals surface area contributed by atoms with Crippen LogP contribution in [-0.4, -0.2) is 30.7 Å². The van der Waals surface area contributed by atoms with Crippen LogP contribution < -0.4 is 11.1 Å². The first-order valence-electron chi connectivity index (χ1n) is 5.32. The number of rotatable bonds is 3. The van der Waals surface area contributed by atoms with Gasteiger partial charge in [0, 0.05) is 18.6 Å². The highest BCUT2D eigenvalue weighted by Gasteiger charge is 2.49. The highest BCUT2D eigenvalue weighted by atomic mass is 35.5. The second-order valence-electron chi connectivity index (χ2n) is 5.53. The predicted molar refractivity (Wildman–Crippen MR) is 66.6 cm³/mol. The van der Waals surface area contributed by atoms with E-state index in [-0.39, 0.29) is 35.9 Å². The molecule has 2 atom stereocenters. The van der Waals surface area contributed by atoms with Gasteiger partial charge in [0.05, 0.1) is 11.6 Å². The van der Waals surface area contributed by atoms with Crippen molar-refractivity contribution < 1.29 is 9.53 Å². The summed E-state index contributed by atoms with van der Waals surface area (Å²) in [6.07, 6.45) is 1.09. The van der Waals surface area contributed by atoms with E-state index in [0.29, 0.717) is 0 Å². The van der Waals surface area contributed by atoms with Gasteiger partial charge in [-0.1, -0.05) is 13.8 Å². The molecule has 1 fully saturated rings. The number of ether oxygens (including phenoxy) is 1. The maximum absolute atomic E-state index is 11.7. The van der Waals surface area contributed by atoms with Gasteiger partial charge in [0.25, 0.3) is 0 Å². The zero-order chi connectivity index (χ0) is 11.9. The Hall–Kier alpha value is -0.320. The molecular formula is C11H23ClN2O2. The molecule has 0 heterocycles. The van der Waals surface area contributed by atoms with Crippen molar-refractivity contribution in [1.29, 1.82) is 0 Å². The highest BCUT2D eigenvalue weighted by Crippen LogP contribution is 2.42. The monoisotopic (exact) mass is 250 g/mol. The fourth-order valence-electron chi connectivity index (χ4n) is 1.87. The summed E-state index contributed by atoms with van der Waals surface area (Å²) in [5.41, 5.74) is 4.90. The molecule has 1 aliphatic carbocycles. The van der Waals surface area contributed by atoms with E-state index < -0.39 is 5.54 Å². The number of nitrogens with one attached hydrogen (secondary N) is 1. The van der Waals surface area contributed by atoms with Crippen molar-refractivity contribution in [3.63, 3.8) is 0 Å². The predicted octanol–water partition coefficient (Wildman–Crippen LogP) is 1.08. The maximum Gasteiger partial charge on any atom is 0.239 e. The first-order chi connectivity index (χ1) is 6.69. The largest absolute Gasteiger partial charge is 0.381 e. The second kappa shape index (κ2) is 4.90. The van der Waals surface area contributed by atoms with Crippen LogP contribution in [0.5, 0.6) is 0 Å². The fourth-order valence-corrected chi connectivity index (χ4v) is 1.87. The quantitative estimate of drug-likeness (QED) is 0.788. The van der Waals surface area contributed by atoms with E-state index in [1.54, 1.807) is 21.0 Å². The molecule has 3 N–H and O–H groups in total. The molecule has 0 aromatic carbocycles. The van der Waals surface area contributed by atoms with E-state index in [9.17, 15) is 4.79 Å². The van der Waals surface area contributed by atoms with Gasteiger partial charge in [-0.15, -0.1) is 12.4 Å². The Bertz CT molecular complexity index is 261. The lowest BCUT2D eigenvalue weighted by molar-refractivity contribution is -0.136. The summed E-state index contributed by atoms with van der Waals surface area (Å²) in [6.45, 7) is 7.61. The summed E-state index contributed by atoms with van der Waals surface area (Å²) in [4.78, 5) is 11.7. The molecule has 96 valence electrons. The van der Waals surface area contributed by atoms with Crippen LogP contribution in [0.15, 0.2) is 0 Å². The Labute approximate surface area is 104 Å². The van der Waals surface area contributed by atoms with Gasteiger partial charge >= 0.3 is 0 Å². The molecule has 0 aromatic rings. The zero-order valence-electron chi connectivity index (χ0n) is 10.7. The average molecular weight is 251 g/mol. The van der Waals surface area contributed by atoms with Crippen LogP contribution in [0.2, 0.25) is 0 Å². The van der Waals surface area contributed by atoms with Crippen molar-refractivity contribution in [2.24, 2.45) is 11.1 Å². The number of hydrogen-bond acceptors (Lipinski definition) is 3. The molecule has 5 heteroatoms. The van der Waals surface area contributed by atoms with E-state index in [4.69, 9.17) is 10.5 Å². The third kappa shape index (κ3) is 2.87. The molecule has 0 aromatic heterocycles. The summed E-state index contributed by atoms with van der Waals surface area (Å²) in [6, 6.07) is 0.165. The molecule has 1 saturated carbocycles. The van der Waals surface area contributed by atoms with Crippen molar-refractivity contribution in [2.75, 3.05) is 7.11 Å². The molecule has 2 unspecified atom stereocenters. The van der Waals surface area contributed by atoms with Gasteiger partial charge < -0.3 is 15.8 Å². The number of methoxy groups -OCH3 is 1. The molecule has 1 amide bonds. The van der Waals surface area contributed by atoms with Crippen LogP contribution in [0.3, 0.4) is 0 Å². The maximum atomic E-state index is 11.7. The van der Waals surface area contributed by atoms with Crippen LogP contribution in [0, 0.1) is 5.41 Å². The Balaban J connectivity index is 0.00000225. The van der Waals surface area contributed by atoms with Crippen LogP contribution in [0.1, 0.15) is 34.1 Å². The Morgan fingerprint density at radius 1 is 1.50 bits per heavy atom. The minimum atomic E-state index is -0.811. The Morgan fingerprint density at radius 3 is 2.31 bits per heavy atom. The summed E-state index contributed by atoms with van der Waals surface area (Å²) < 4.78 is 5.32. The lowest BCUT2D eigenvalue weighted by atomic mass is 9.64. The number of amides is 1. The van der Waals surface area contributed by atoms with Gasteiger partial charge in [-0.25, -0.2) is 0 Å². The number of hydrogen-bond donors (Lipinski definition) is 2. The highest BCUT2D eigenvalue weighted by molar-refractivity contribution is 5.85. The van der Waals surface area contributed by atoms with Gasteiger partial charge in [-0.05, 0) is 20.3 Å². The fraction of sp³-hybridized carbons (Fsp3) is 0.909. The van der Waals surface area contributed by atoms with E-state index in [0.717, 1.165) is 6.42 Å². The normalized spacial score (nSPS) is 27.6. The van der Waals surface area contributed by atoms with Crippen molar-refractivity contribution in [3.8, 4) is 0 Å². The van der Waals surface area contributed by atoms with E-state index >= 15 is 0 Å². The standard InChI is InChI=1S/C11H22N2O2.ClH/c1-10(2)7(6-8(10)15-5)13-9(14)11(3,4)12;/h7-8H,6,12H2,1-5H3,(H,13,14);1H. The van der Waals surface area contributed by atoms with Gasteiger partial charge in [-0.2, -0.15) is 0 Å². The molecular weight excluding hydrogens is 228 g/mol. The van der Waals surface area contributed by atoms with Gasteiger partial charge in [0.15, 0.2) is 0 Å². The zero-order valence-corrected chi connectivity index (χ0v) is 11.5. The SMILES string of the molecule is COC1CC(NC(=O)C(C)(C)N)C1(C)C.Cl. The van der Waals surface area contributed by atoms with E-state index in [1.807, 2.05) is 0 Å². The molecule has 1 aliphatic rings. The number of halogens is 1. The molecule has 0 saturated heterocycles. The first-order valence-corrected chi connectivity index (χ1v) is 5.32. The molecule has 1 rings (SSSR count). The molecule has 0 spiro atoms.